The Morgan fingerprint density at radius 3 is 2.79 bits per heavy atom. The Morgan fingerprint density at radius 1 is 1.25 bits per heavy atom. The smallest absolute Gasteiger partial charge is 0.251 e. The molecule has 3 rings (SSSR count). The van der Waals surface area contributed by atoms with Gasteiger partial charge >= 0.3 is 0 Å². The summed E-state index contributed by atoms with van der Waals surface area (Å²) < 4.78 is 1.84. The van der Waals surface area contributed by atoms with E-state index in [1.165, 1.54) is 0 Å². The van der Waals surface area contributed by atoms with Crippen LogP contribution in [0.2, 0.25) is 0 Å². The molecule has 0 bridgehead atoms. The van der Waals surface area contributed by atoms with E-state index in [4.69, 9.17) is 5.11 Å². The molecule has 1 aromatic carbocycles. The fourth-order valence-corrected chi connectivity index (χ4v) is 3.00. The number of amides is 2. The third-order valence-electron chi connectivity index (χ3n) is 4.31. The Morgan fingerprint density at radius 2 is 2.04 bits per heavy atom. The van der Waals surface area contributed by atoms with Crippen molar-refractivity contribution in [3.05, 3.63) is 30.1 Å². The number of nitrogens with one attached hydrogen (secondary N) is 1. The summed E-state index contributed by atoms with van der Waals surface area (Å²) in [6, 6.07) is 5.28. The second-order valence-corrected chi connectivity index (χ2v) is 5.96. The van der Waals surface area contributed by atoms with Crippen molar-refractivity contribution >= 4 is 22.8 Å². The predicted molar refractivity (Wildman–Crippen MR) is 89.6 cm³/mol. The number of aliphatic hydroxyl groups is 1. The summed E-state index contributed by atoms with van der Waals surface area (Å²) in [6.45, 7) is 2.52. The maximum absolute atomic E-state index is 12.2. The van der Waals surface area contributed by atoms with Gasteiger partial charge in [0.05, 0.1) is 24.0 Å². The lowest BCUT2D eigenvalue weighted by Crippen LogP contribution is -2.32. The van der Waals surface area contributed by atoms with Crippen molar-refractivity contribution in [2.75, 3.05) is 26.2 Å². The molecule has 7 heteroatoms. The molecule has 0 saturated carbocycles. The van der Waals surface area contributed by atoms with Crippen LogP contribution in [0, 0.1) is 0 Å². The van der Waals surface area contributed by atoms with Gasteiger partial charge in [0.2, 0.25) is 5.91 Å². The molecule has 2 heterocycles. The number of aromatic nitrogens is 2. The van der Waals surface area contributed by atoms with Crippen LogP contribution >= 0.6 is 0 Å². The highest BCUT2D eigenvalue weighted by Crippen LogP contribution is 2.15. The highest BCUT2D eigenvalue weighted by atomic mass is 16.3. The number of benzene rings is 1. The summed E-state index contributed by atoms with van der Waals surface area (Å²) in [7, 11) is 0. The van der Waals surface area contributed by atoms with Gasteiger partial charge in [-0.15, -0.1) is 0 Å². The van der Waals surface area contributed by atoms with Crippen LogP contribution in [0.1, 0.15) is 29.6 Å². The number of hydrogen-bond acceptors (Lipinski definition) is 4. The van der Waals surface area contributed by atoms with Gasteiger partial charge in [-0.3, -0.25) is 9.59 Å². The second-order valence-electron chi connectivity index (χ2n) is 5.96. The van der Waals surface area contributed by atoms with Crippen LogP contribution in [0.5, 0.6) is 0 Å². The van der Waals surface area contributed by atoms with Crippen molar-refractivity contribution in [3.63, 3.8) is 0 Å². The molecule has 0 unspecified atom stereocenters. The van der Waals surface area contributed by atoms with Crippen molar-refractivity contribution in [2.45, 2.75) is 25.8 Å². The third kappa shape index (κ3) is 3.56. The van der Waals surface area contributed by atoms with Gasteiger partial charge in [-0.2, -0.15) is 0 Å². The first kappa shape index (κ1) is 16.4. The molecule has 1 saturated heterocycles. The number of carbonyl (C=O) groups is 2. The standard InChI is InChI=1S/C17H22N4O3/c22-10-9-21-12-19-14-11-13(3-4-15(14)21)17(24)18-6-5-16(23)20-7-1-2-8-20/h3-4,11-12,22H,1-2,5-10H2,(H,18,24). The van der Waals surface area contributed by atoms with Gasteiger partial charge in [0, 0.05) is 38.2 Å². The number of rotatable bonds is 6. The van der Waals surface area contributed by atoms with Crippen LogP contribution in [0.4, 0.5) is 0 Å². The zero-order valence-corrected chi connectivity index (χ0v) is 13.6. The minimum Gasteiger partial charge on any atom is -0.395 e. The Labute approximate surface area is 140 Å². The fourth-order valence-electron chi connectivity index (χ4n) is 3.00. The summed E-state index contributed by atoms with van der Waals surface area (Å²) in [5.41, 5.74) is 2.11. The first-order chi connectivity index (χ1) is 11.7. The summed E-state index contributed by atoms with van der Waals surface area (Å²) in [6.07, 6.45) is 4.12. The van der Waals surface area contributed by atoms with E-state index < -0.39 is 0 Å². The number of imidazole rings is 1. The largest absolute Gasteiger partial charge is 0.395 e. The van der Waals surface area contributed by atoms with Crippen LogP contribution in [0.25, 0.3) is 11.0 Å². The Balaban J connectivity index is 1.56. The average Bonchev–Trinajstić information content (AvgIpc) is 3.25. The third-order valence-corrected chi connectivity index (χ3v) is 4.31. The van der Waals surface area contributed by atoms with E-state index in [1.807, 2.05) is 15.5 Å². The Kier molecular flexibility index (Phi) is 5.10. The molecule has 24 heavy (non-hydrogen) atoms. The number of hydrogen-bond donors (Lipinski definition) is 2. The minimum absolute atomic E-state index is 0.0404. The number of nitrogens with zero attached hydrogens (tertiary/aromatic N) is 3. The summed E-state index contributed by atoms with van der Waals surface area (Å²) >= 11 is 0. The molecule has 2 N–H and O–H groups in total. The lowest BCUT2D eigenvalue weighted by Gasteiger charge is -2.15. The Hall–Kier alpha value is -2.41. The van der Waals surface area contributed by atoms with E-state index in [0.29, 0.717) is 30.6 Å². The van der Waals surface area contributed by atoms with Crippen LogP contribution in [0.15, 0.2) is 24.5 Å². The number of carbonyl (C=O) groups excluding carboxylic acids is 2. The van der Waals surface area contributed by atoms with Gasteiger partial charge < -0.3 is 19.9 Å². The van der Waals surface area contributed by atoms with Gasteiger partial charge in [-0.1, -0.05) is 0 Å². The normalized spacial score (nSPS) is 14.3. The van der Waals surface area contributed by atoms with E-state index in [-0.39, 0.29) is 18.4 Å². The quantitative estimate of drug-likeness (QED) is 0.819. The molecule has 0 atom stereocenters. The molecule has 128 valence electrons. The molecular formula is C17H22N4O3. The summed E-state index contributed by atoms with van der Waals surface area (Å²) in [5.74, 6) is -0.103. The van der Waals surface area contributed by atoms with E-state index in [9.17, 15) is 9.59 Å². The molecule has 7 nitrogen and oxygen atoms in total. The van der Waals surface area contributed by atoms with E-state index in [1.54, 1.807) is 18.5 Å². The molecule has 1 aromatic heterocycles. The molecular weight excluding hydrogens is 308 g/mol. The zero-order valence-electron chi connectivity index (χ0n) is 13.6. The number of fused-ring (bicyclic) bond motifs is 1. The monoisotopic (exact) mass is 330 g/mol. The molecule has 0 spiro atoms. The van der Waals surface area contributed by atoms with Crippen LogP contribution in [-0.2, 0) is 11.3 Å². The van der Waals surface area contributed by atoms with Gasteiger partial charge in [-0.25, -0.2) is 4.98 Å². The topological polar surface area (TPSA) is 87.5 Å². The van der Waals surface area contributed by atoms with E-state index in [2.05, 4.69) is 10.3 Å². The first-order valence-electron chi connectivity index (χ1n) is 8.31. The Bertz CT molecular complexity index is 735. The predicted octanol–water partition coefficient (Wildman–Crippen LogP) is 0.771. The maximum Gasteiger partial charge on any atom is 0.251 e. The molecule has 1 aliphatic heterocycles. The van der Waals surface area contributed by atoms with E-state index in [0.717, 1.165) is 31.4 Å². The highest BCUT2D eigenvalue weighted by Gasteiger charge is 2.17. The second kappa shape index (κ2) is 7.44. The highest BCUT2D eigenvalue weighted by molar-refractivity contribution is 5.97. The van der Waals surface area contributed by atoms with Crippen molar-refractivity contribution in [3.8, 4) is 0 Å². The number of likely N-dealkylation sites (tertiary alicyclic amines) is 1. The minimum atomic E-state index is -0.206. The van der Waals surface area contributed by atoms with Gasteiger partial charge in [0.1, 0.15) is 0 Å². The van der Waals surface area contributed by atoms with Crippen molar-refractivity contribution in [2.24, 2.45) is 0 Å². The first-order valence-corrected chi connectivity index (χ1v) is 8.31. The molecule has 0 aliphatic carbocycles. The molecule has 1 aliphatic rings. The van der Waals surface area contributed by atoms with Crippen molar-refractivity contribution in [1.29, 1.82) is 0 Å². The molecule has 0 radical (unpaired) electrons. The van der Waals surface area contributed by atoms with Crippen molar-refractivity contribution in [1.82, 2.24) is 19.8 Å². The van der Waals surface area contributed by atoms with Crippen LogP contribution in [-0.4, -0.2) is 57.6 Å². The van der Waals surface area contributed by atoms with Crippen LogP contribution in [0.3, 0.4) is 0 Å². The molecule has 2 amide bonds. The lowest BCUT2D eigenvalue weighted by atomic mass is 10.2. The van der Waals surface area contributed by atoms with Gasteiger partial charge in [0.15, 0.2) is 0 Å². The number of aliphatic hydroxyl groups excluding tert-OH is 1. The SMILES string of the molecule is O=C(NCCC(=O)N1CCCC1)c1ccc2c(c1)ncn2CCO. The van der Waals surface area contributed by atoms with Gasteiger partial charge in [0.25, 0.3) is 5.91 Å². The molecule has 1 fully saturated rings. The van der Waals surface area contributed by atoms with Crippen LogP contribution < -0.4 is 5.32 Å². The zero-order chi connectivity index (χ0) is 16.9. The molecule has 2 aromatic rings. The maximum atomic E-state index is 12.2. The summed E-state index contributed by atoms with van der Waals surface area (Å²) in [4.78, 5) is 30.3. The van der Waals surface area contributed by atoms with E-state index >= 15 is 0 Å². The van der Waals surface area contributed by atoms with Gasteiger partial charge in [-0.05, 0) is 31.0 Å². The van der Waals surface area contributed by atoms with Crippen molar-refractivity contribution < 1.29 is 14.7 Å². The summed E-state index contributed by atoms with van der Waals surface area (Å²) in [5, 5.41) is 11.8. The lowest BCUT2D eigenvalue weighted by molar-refractivity contribution is -0.129. The average molecular weight is 330 g/mol. The fraction of sp³-hybridized carbons (Fsp3) is 0.471.